The summed E-state index contributed by atoms with van der Waals surface area (Å²) in [5, 5.41) is 3.96. The number of carbonyl (C=O) groups is 1. The van der Waals surface area contributed by atoms with E-state index in [0.29, 0.717) is 5.92 Å². The van der Waals surface area contributed by atoms with Crippen molar-refractivity contribution >= 4 is 11.6 Å². The lowest BCUT2D eigenvalue weighted by molar-refractivity contribution is -0.123. The van der Waals surface area contributed by atoms with Crippen LogP contribution in [0.25, 0.3) is 0 Å². The zero-order valence-electron chi connectivity index (χ0n) is 8.51. The third-order valence-corrected chi connectivity index (χ3v) is 1.70. The van der Waals surface area contributed by atoms with Gasteiger partial charge in [0.05, 0.1) is 0 Å². The molecule has 0 aliphatic carbocycles. The van der Waals surface area contributed by atoms with Crippen LogP contribution in [0.2, 0.25) is 0 Å². The van der Waals surface area contributed by atoms with Crippen LogP contribution in [-0.2, 0) is 4.79 Å². The summed E-state index contributed by atoms with van der Waals surface area (Å²) in [6, 6.07) is 0. The summed E-state index contributed by atoms with van der Waals surface area (Å²) in [7, 11) is 0. The van der Waals surface area contributed by atoms with Gasteiger partial charge in [-0.15, -0.1) is 0 Å². The molecule has 3 heteroatoms. The monoisotopic (exact) mass is 170 g/mol. The minimum atomic E-state index is -0.0324. The number of rotatable bonds is 3. The average molecular weight is 170 g/mol. The molecular formula is C9H18N2O. The summed E-state index contributed by atoms with van der Waals surface area (Å²) >= 11 is 0. The van der Waals surface area contributed by atoms with Gasteiger partial charge in [-0.2, -0.15) is 5.10 Å². The van der Waals surface area contributed by atoms with E-state index in [-0.39, 0.29) is 11.8 Å². The number of nitrogens with one attached hydrogen (secondary N) is 1. The van der Waals surface area contributed by atoms with E-state index in [9.17, 15) is 4.79 Å². The van der Waals surface area contributed by atoms with Gasteiger partial charge in [0.1, 0.15) is 0 Å². The highest BCUT2D eigenvalue weighted by Crippen LogP contribution is 1.95. The summed E-state index contributed by atoms with van der Waals surface area (Å²) in [6.07, 6.45) is 0. The maximum absolute atomic E-state index is 11.1. The molecule has 0 radical (unpaired) electrons. The van der Waals surface area contributed by atoms with Crippen LogP contribution in [-0.4, -0.2) is 11.6 Å². The first-order valence-electron chi connectivity index (χ1n) is 4.29. The Hall–Kier alpha value is -0.860. The van der Waals surface area contributed by atoms with Crippen molar-refractivity contribution < 1.29 is 4.79 Å². The fourth-order valence-electron chi connectivity index (χ4n) is 0.401. The second-order valence-electron chi connectivity index (χ2n) is 3.54. The maximum Gasteiger partial charge on any atom is 0.242 e. The van der Waals surface area contributed by atoms with Crippen molar-refractivity contribution in [1.82, 2.24) is 5.43 Å². The highest BCUT2D eigenvalue weighted by molar-refractivity contribution is 5.86. The lowest BCUT2D eigenvalue weighted by Crippen LogP contribution is -2.24. The first-order chi connectivity index (χ1) is 5.45. The van der Waals surface area contributed by atoms with Gasteiger partial charge >= 0.3 is 0 Å². The van der Waals surface area contributed by atoms with Crippen LogP contribution in [0.1, 0.15) is 34.6 Å². The van der Waals surface area contributed by atoms with Crippen molar-refractivity contribution in [3.05, 3.63) is 0 Å². The van der Waals surface area contributed by atoms with E-state index in [0.717, 1.165) is 5.71 Å². The number of hydrogen-bond acceptors (Lipinski definition) is 2. The van der Waals surface area contributed by atoms with Crippen molar-refractivity contribution in [3.8, 4) is 0 Å². The van der Waals surface area contributed by atoms with Crippen LogP contribution in [0, 0.1) is 11.8 Å². The molecular weight excluding hydrogens is 152 g/mol. The number of hydrazone groups is 1. The third kappa shape index (κ3) is 4.11. The smallest absolute Gasteiger partial charge is 0.242 e. The van der Waals surface area contributed by atoms with Gasteiger partial charge in [0, 0.05) is 11.6 Å². The van der Waals surface area contributed by atoms with Gasteiger partial charge in [-0.3, -0.25) is 4.79 Å². The number of nitrogens with zero attached hydrogens (tertiary/aromatic N) is 1. The molecule has 0 aromatic heterocycles. The predicted molar refractivity (Wildman–Crippen MR) is 50.9 cm³/mol. The highest BCUT2D eigenvalue weighted by atomic mass is 16.2. The molecule has 0 rings (SSSR count). The Morgan fingerprint density at radius 1 is 1.17 bits per heavy atom. The Kier molecular flexibility index (Phi) is 4.55. The summed E-state index contributed by atoms with van der Waals surface area (Å²) in [4.78, 5) is 11.1. The Morgan fingerprint density at radius 3 is 2.00 bits per heavy atom. The number of carbonyl (C=O) groups excluding carboxylic acids is 1. The molecule has 70 valence electrons. The topological polar surface area (TPSA) is 41.5 Å². The first kappa shape index (κ1) is 11.1. The van der Waals surface area contributed by atoms with E-state index in [1.54, 1.807) is 0 Å². The molecule has 0 saturated carbocycles. The van der Waals surface area contributed by atoms with Crippen LogP contribution < -0.4 is 5.43 Å². The quantitative estimate of drug-likeness (QED) is 0.509. The Labute approximate surface area is 74.2 Å². The van der Waals surface area contributed by atoms with Gasteiger partial charge in [-0.05, 0) is 12.8 Å². The van der Waals surface area contributed by atoms with E-state index in [1.165, 1.54) is 0 Å². The first-order valence-corrected chi connectivity index (χ1v) is 4.29. The van der Waals surface area contributed by atoms with Crippen LogP contribution in [0.3, 0.4) is 0 Å². The Bertz CT molecular complexity index is 183. The van der Waals surface area contributed by atoms with E-state index >= 15 is 0 Å². The van der Waals surface area contributed by atoms with E-state index in [1.807, 2.05) is 34.6 Å². The zero-order valence-corrected chi connectivity index (χ0v) is 8.51. The van der Waals surface area contributed by atoms with Crippen molar-refractivity contribution in [1.29, 1.82) is 0 Å². The molecule has 0 atom stereocenters. The molecule has 0 bridgehead atoms. The van der Waals surface area contributed by atoms with Crippen LogP contribution in [0.5, 0.6) is 0 Å². The fraction of sp³-hybridized carbons (Fsp3) is 0.778. The standard InChI is InChI=1S/C9H18N2O/c1-6(2)8(5)10-11-9(12)7(3)4/h6-7H,1-5H3,(H,11,12)/b10-8+. The van der Waals surface area contributed by atoms with Crippen molar-refractivity contribution in [2.75, 3.05) is 0 Å². The minimum absolute atomic E-state index is 0.00582. The summed E-state index contributed by atoms with van der Waals surface area (Å²) in [6.45, 7) is 9.68. The average Bonchev–Trinajstić information content (AvgIpc) is 1.98. The molecule has 0 aliphatic heterocycles. The molecule has 0 heterocycles. The molecule has 1 amide bonds. The molecule has 0 spiro atoms. The highest BCUT2D eigenvalue weighted by Gasteiger charge is 2.05. The second kappa shape index (κ2) is 4.91. The predicted octanol–water partition coefficient (Wildman–Crippen LogP) is 1.79. The molecule has 0 unspecified atom stereocenters. The molecule has 12 heavy (non-hydrogen) atoms. The van der Waals surface area contributed by atoms with E-state index in [2.05, 4.69) is 10.5 Å². The molecule has 0 saturated heterocycles. The Morgan fingerprint density at radius 2 is 1.67 bits per heavy atom. The lowest BCUT2D eigenvalue weighted by atomic mass is 10.1. The largest absolute Gasteiger partial charge is 0.273 e. The third-order valence-electron chi connectivity index (χ3n) is 1.70. The van der Waals surface area contributed by atoms with Crippen LogP contribution >= 0.6 is 0 Å². The van der Waals surface area contributed by atoms with Gasteiger partial charge in [-0.25, -0.2) is 5.43 Å². The van der Waals surface area contributed by atoms with Crippen molar-refractivity contribution in [2.24, 2.45) is 16.9 Å². The second-order valence-corrected chi connectivity index (χ2v) is 3.54. The maximum atomic E-state index is 11.1. The van der Waals surface area contributed by atoms with Gasteiger partial charge in [0.15, 0.2) is 0 Å². The molecule has 0 aromatic carbocycles. The van der Waals surface area contributed by atoms with Crippen LogP contribution in [0.15, 0.2) is 5.10 Å². The van der Waals surface area contributed by atoms with Crippen molar-refractivity contribution in [3.63, 3.8) is 0 Å². The summed E-state index contributed by atoms with van der Waals surface area (Å²) < 4.78 is 0. The molecule has 1 N–H and O–H groups in total. The summed E-state index contributed by atoms with van der Waals surface area (Å²) in [5.41, 5.74) is 3.46. The Balaban J connectivity index is 3.96. The molecule has 3 nitrogen and oxygen atoms in total. The fourth-order valence-corrected chi connectivity index (χ4v) is 0.401. The zero-order chi connectivity index (χ0) is 9.72. The lowest BCUT2D eigenvalue weighted by Gasteiger charge is -2.06. The minimum Gasteiger partial charge on any atom is -0.273 e. The number of hydrogen-bond donors (Lipinski definition) is 1. The molecule has 0 aromatic rings. The van der Waals surface area contributed by atoms with Crippen molar-refractivity contribution in [2.45, 2.75) is 34.6 Å². The van der Waals surface area contributed by atoms with Gasteiger partial charge in [0.2, 0.25) is 5.91 Å². The normalized spacial score (nSPS) is 12.4. The van der Waals surface area contributed by atoms with Crippen LogP contribution in [0.4, 0.5) is 0 Å². The van der Waals surface area contributed by atoms with Gasteiger partial charge in [-0.1, -0.05) is 27.7 Å². The molecule has 0 fully saturated rings. The van der Waals surface area contributed by atoms with Gasteiger partial charge in [0.25, 0.3) is 0 Å². The van der Waals surface area contributed by atoms with E-state index in [4.69, 9.17) is 0 Å². The molecule has 0 aliphatic rings. The SMILES string of the molecule is C/C(=N\NC(=O)C(C)C)C(C)C. The van der Waals surface area contributed by atoms with Gasteiger partial charge < -0.3 is 0 Å². The van der Waals surface area contributed by atoms with E-state index < -0.39 is 0 Å². The summed E-state index contributed by atoms with van der Waals surface area (Å²) in [5.74, 6) is 0.348. The number of amides is 1.